The Morgan fingerprint density at radius 3 is 2.72 bits per heavy atom. The normalized spacial score (nSPS) is 10.5. The van der Waals surface area contributed by atoms with Crippen molar-refractivity contribution in [3.8, 4) is 11.5 Å². The van der Waals surface area contributed by atoms with Crippen molar-refractivity contribution in [3.05, 3.63) is 52.5 Å². The van der Waals surface area contributed by atoms with Crippen molar-refractivity contribution in [2.45, 2.75) is 6.92 Å². The Morgan fingerprint density at radius 2 is 2.00 bits per heavy atom. The van der Waals surface area contributed by atoms with E-state index < -0.39 is 11.8 Å². The van der Waals surface area contributed by atoms with Gasteiger partial charge in [0.2, 0.25) is 0 Å². The van der Waals surface area contributed by atoms with Crippen LogP contribution in [0.15, 0.2) is 52.0 Å². The number of rotatable bonds is 5. The minimum atomic E-state index is -0.907. The molecule has 0 saturated carbocycles. The summed E-state index contributed by atoms with van der Waals surface area (Å²) in [6.45, 7) is 2.20. The molecule has 0 unspecified atom stereocenters. The average molecular weight is 406 g/mol. The number of ether oxygens (including phenoxy) is 1. The van der Waals surface area contributed by atoms with Crippen LogP contribution in [0.25, 0.3) is 0 Å². The highest BCUT2D eigenvalue weighted by Crippen LogP contribution is 2.26. The Hall–Kier alpha value is -2.87. The number of amides is 2. The number of benzene rings is 2. The van der Waals surface area contributed by atoms with Gasteiger partial charge in [0.1, 0.15) is 0 Å². The number of nitrogens with zero attached hydrogens (tertiary/aromatic N) is 1. The van der Waals surface area contributed by atoms with E-state index in [2.05, 4.69) is 31.8 Å². The van der Waals surface area contributed by atoms with Gasteiger partial charge in [-0.15, -0.1) is 0 Å². The Kier molecular flexibility index (Phi) is 6.53. The molecule has 25 heavy (non-hydrogen) atoms. The maximum atomic E-state index is 11.8. The highest BCUT2D eigenvalue weighted by Gasteiger charge is 2.14. The van der Waals surface area contributed by atoms with Crippen LogP contribution in [0, 0.1) is 0 Å². The molecular weight excluding hydrogens is 390 g/mol. The van der Waals surface area contributed by atoms with E-state index in [0.29, 0.717) is 28.1 Å². The predicted molar refractivity (Wildman–Crippen MR) is 97.8 cm³/mol. The first-order chi connectivity index (χ1) is 12.0. The lowest BCUT2D eigenvalue weighted by atomic mass is 10.2. The minimum Gasteiger partial charge on any atom is -0.504 e. The number of anilines is 1. The summed E-state index contributed by atoms with van der Waals surface area (Å²) in [5.74, 6) is -1.43. The SMILES string of the molecule is CCOc1cc(C=NNC(=O)C(=O)Nc2ccccc2Br)ccc1O. The summed E-state index contributed by atoms with van der Waals surface area (Å²) in [5, 5.41) is 15.8. The van der Waals surface area contributed by atoms with Gasteiger partial charge in [0.05, 0.1) is 18.5 Å². The zero-order chi connectivity index (χ0) is 18.2. The van der Waals surface area contributed by atoms with Crippen molar-refractivity contribution in [2.24, 2.45) is 5.10 Å². The maximum Gasteiger partial charge on any atom is 0.329 e. The second-order valence-corrected chi connectivity index (χ2v) is 5.65. The van der Waals surface area contributed by atoms with Gasteiger partial charge in [0.15, 0.2) is 11.5 Å². The third kappa shape index (κ3) is 5.32. The molecule has 0 bridgehead atoms. The zero-order valence-corrected chi connectivity index (χ0v) is 14.9. The number of phenols is 1. The zero-order valence-electron chi connectivity index (χ0n) is 13.3. The van der Waals surface area contributed by atoms with E-state index >= 15 is 0 Å². The van der Waals surface area contributed by atoms with Crippen LogP contribution >= 0.6 is 15.9 Å². The average Bonchev–Trinajstić information content (AvgIpc) is 2.59. The highest BCUT2D eigenvalue weighted by atomic mass is 79.9. The van der Waals surface area contributed by atoms with Crippen molar-refractivity contribution in [3.63, 3.8) is 0 Å². The number of halogens is 1. The maximum absolute atomic E-state index is 11.8. The minimum absolute atomic E-state index is 0.0100. The largest absolute Gasteiger partial charge is 0.504 e. The molecule has 0 heterocycles. The third-order valence-corrected chi connectivity index (χ3v) is 3.68. The molecule has 0 aromatic heterocycles. The van der Waals surface area contributed by atoms with Crippen LogP contribution in [0.3, 0.4) is 0 Å². The van der Waals surface area contributed by atoms with E-state index in [-0.39, 0.29) is 5.75 Å². The topological polar surface area (TPSA) is 100 Å². The number of nitrogens with one attached hydrogen (secondary N) is 2. The van der Waals surface area contributed by atoms with E-state index in [9.17, 15) is 14.7 Å². The molecule has 2 aromatic carbocycles. The Balaban J connectivity index is 1.95. The van der Waals surface area contributed by atoms with Gasteiger partial charge in [-0.05, 0) is 58.7 Å². The van der Waals surface area contributed by atoms with Crippen LogP contribution in [0.2, 0.25) is 0 Å². The second-order valence-electron chi connectivity index (χ2n) is 4.79. The predicted octanol–water partition coefficient (Wildman–Crippen LogP) is 2.64. The summed E-state index contributed by atoms with van der Waals surface area (Å²) >= 11 is 3.27. The second kappa shape index (κ2) is 8.84. The fourth-order valence-corrected chi connectivity index (χ4v) is 2.22. The number of carbonyl (C=O) groups is 2. The van der Waals surface area contributed by atoms with Crippen LogP contribution in [0.5, 0.6) is 11.5 Å². The summed E-state index contributed by atoms with van der Waals surface area (Å²) < 4.78 is 5.91. The number of hydrogen-bond acceptors (Lipinski definition) is 5. The van der Waals surface area contributed by atoms with Gasteiger partial charge in [-0.1, -0.05) is 12.1 Å². The number of aromatic hydroxyl groups is 1. The first-order valence-corrected chi connectivity index (χ1v) is 8.15. The quantitative estimate of drug-likeness (QED) is 0.404. The number of hydrazone groups is 1. The fourth-order valence-electron chi connectivity index (χ4n) is 1.84. The van der Waals surface area contributed by atoms with Crippen molar-refractivity contribution in [1.29, 1.82) is 0 Å². The van der Waals surface area contributed by atoms with E-state index in [4.69, 9.17) is 4.74 Å². The molecule has 130 valence electrons. The summed E-state index contributed by atoms with van der Waals surface area (Å²) in [6.07, 6.45) is 1.34. The fraction of sp³-hybridized carbons (Fsp3) is 0.118. The number of hydrogen-bond donors (Lipinski definition) is 3. The highest BCUT2D eigenvalue weighted by molar-refractivity contribution is 9.10. The molecule has 8 heteroatoms. The number of carbonyl (C=O) groups excluding carboxylic acids is 2. The number of para-hydroxylation sites is 1. The van der Waals surface area contributed by atoms with Crippen molar-refractivity contribution >= 4 is 39.6 Å². The molecule has 0 atom stereocenters. The molecule has 0 fully saturated rings. The third-order valence-electron chi connectivity index (χ3n) is 2.99. The first kappa shape index (κ1) is 18.5. The van der Waals surface area contributed by atoms with E-state index in [1.807, 2.05) is 0 Å². The van der Waals surface area contributed by atoms with Crippen LogP contribution in [-0.2, 0) is 9.59 Å². The Morgan fingerprint density at radius 1 is 1.24 bits per heavy atom. The van der Waals surface area contributed by atoms with E-state index in [1.165, 1.54) is 12.3 Å². The van der Waals surface area contributed by atoms with Crippen LogP contribution < -0.4 is 15.5 Å². The molecule has 2 amide bonds. The molecule has 2 rings (SSSR count). The molecular formula is C17H16BrN3O4. The van der Waals surface area contributed by atoms with Crippen LogP contribution in [0.1, 0.15) is 12.5 Å². The van der Waals surface area contributed by atoms with Gasteiger partial charge < -0.3 is 15.2 Å². The molecule has 0 aliphatic carbocycles. The van der Waals surface area contributed by atoms with E-state index in [1.54, 1.807) is 43.3 Å². The van der Waals surface area contributed by atoms with Gasteiger partial charge in [-0.2, -0.15) is 5.10 Å². The summed E-state index contributed by atoms with van der Waals surface area (Å²) in [4.78, 5) is 23.6. The molecule has 7 nitrogen and oxygen atoms in total. The lowest BCUT2D eigenvalue weighted by molar-refractivity contribution is -0.136. The van der Waals surface area contributed by atoms with Gasteiger partial charge in [0, 0.05) is 4.47 Å². The van der Waals surface area contributed by atoms with Gasteiger partial charge in [-0.25, -0.2) is 5.43 Å². The molecule has 2 aromatic rings. The molecule has 0 saturated heterocycles. The molecule has 3 N–H and O–H groups in total. The van der Waals surface area contributed by atoms with E-state index in [0.717, 1.165) is 0 Å². The summed E-state index contributed by atoms with van der Waals surface area (Å²) in [6, 6.07) is 11.5. The smallest absolute Gasteiger partial charge is 0.329 e. The van der Waals surface area contributed by atoms with Crippen molar-refractivity contribution in [2.75, 3.05) is 11.9 Å². The van der Waals surface area contributed by atoms with Gasteiger partial charge in [0.25, 0.3) is 0 Å². The molecule has 0 aliphatic heterocycles. The van der Waals surface area contributed by atoms with Crippen molar-refractivity contribution < 1.29 is 19.4 Å². The first-order valence-electron chi connectivity index (χ1n) is 7.36. The Labute approximate surface area is 152 Å². The molecule has 0 aliphatic rings. The van der Waals surface area contributed by atoms with Crippen molar-refractivity contribution in [1.82, 2.24) is 5.43 Å². The van der Waals surface area contributed by atoms with Crippen LogP contribution in [0.4, 0.5) is 5.69 Å². The summed E-state index contributed by atoms with van der Waals surface area (Å²) in [7, 11) is 0. The molecule has 0 spiro atoms. The van der Waals surface area contributed by atoms with Crippen LogP contribution in [-0.4, -0.2) is 29.7 Å². The van der Waals surface area contributed by atoms with Gasteiger partial charge in [-0.3, -0.25) is 9.59 Å². The summed E-state index contributed by atoms with van der Waals surface area (Å²) in [5.41, 5.74) is 3.21. The standard InChI is InChI=1S/C17H16BrN3O4/c1-2-25-15-9-11(7-8-14(15)22)10-19-21-17(24)16(23)20-13-6-4-3-5-12(13)18/h3-10,22H,2H2,1H3,(H,20,23)(H,21,24). The lowest BCUT2D eigenvalue weighted by Crippen LogP contribution is -2.32. The van der Waals surface area contributed by atoms with Gasteiger partial charge >= 0.3 is 11.8 Å². The Bertz CT molecular complexity index is 808. The lowest BCUT2D eigenvalue weighted by Gasteiger charge is -2.06. The number of phenolic OH excluding ortho intramolecular Hbond substituents is 1. The monoisotopic (exact) mass is 405 g/mol. The molecule has 0 radical (unpaired) electrons.